The number of carbonyl (C=O) groups is 1. The van der Waals surface area contributed by atoms with E-state index in [0.29, 0.717) is 12.1 Å². The Morgan fingerprint density at radius 2 is 1.82 bits per heavy atom. The molecule has 2 aromatic carbocycles. The maximum atomic E-state index is 13.7. The molecule has 28 heavy (non-hydrogen) atoms. The number of aromatic nitrogens is 1. The lowest BCUT2D eigenvalue weighted by atomic mass is 10.1. The Balaban J connectivity index is 1.82. The number of halogens is 3. The highest BCUT2D eigenvalue weighted by Crippen LogP contribution is 2.28. The second kappa shape index (κ2) is 8.59. The smallest absolute Gasteiger partial charge is 0.263 e. The summed E-state index contributed by atoms with van der Waals surface area (Å²) in [6.07, 6.45) is 1.63. The molecule has 0 saturated heterocycles. The number of carbonyl (C=O) groups excluding carboxylic acids is 1. The highest BCUT2D eigenvalue weighted by molar-refractivity contribution is 6.35. The van der Waals surface area contributed by atoms with E-state index in [4.69, 9.17) is 23.2 Å². The minimum Gasteiger partial charge on any atom is -0.345 e. The predicted octanol–water partition coefficient (Wildman–Crippen LogP) is 4.83. The van der Waals surface area contributed by atoms with E-state index in [0.717, 1.165) is 5.56 Å². The Bertz CT molecular complexity index is 1070. The molecule has 1 heterocycles. The number of pyridine rings is 1. The first-order valence-electron chi connectivity index (χ1n) is 8.55. The van der Waals surface area contributed by atoms with Gasteiger partial charge in [0.15, 0.2) is 0 Å². The molecule has 1 unspecified atom stereocenters. The number of rotatable bonds is 5. The van der Waals surface area contributed by atoms with Crippen LogP contribution >= 0.6 is 23.2 Å². The maximum absolute atomic E-state index is 13.7. The third-order valence-corrected chi connectivity index (χ3v) is 4.93. The van der Waals surface area contributed by atoms with Gasteiger partial charge in [0.1, 0.15) is 11.4 Å². The molecule has 4 nitrogen and oxygen atoms in total. The van der Waals surface area contributed by atoms with Crippen LogP contribution in [0.3, 0.4) is 0 Å². The van der Waals surface area contributed by atoms with Gasteiger partial charge in [0, 0.05) is 11.2 Å². The van der Waals surface area contributed by atoms with Crippen molar-refractivity contribution in [2.75, 3.05) is 0 Å². The average molecular weight is 419 g/mol. The number of benzene rings is 2. The number of amides is 1. The van der Waals surface area contributed by atoms with Crippen molar-refractivity contribution < 1.29 is 9.18 Å². The topological polar surface area (TPSA) is 51.1 Å². The van der Waals surface area contributed by atoms with Gasteiger partial charge in [-0.05, 0) is 42.3 Å². The summed E-state index contributed by atoms with van der Waals surface area (Å²) >= 11 is 11.8. The van der Waals surface area contributed by atoms with Crippen LogP contribution < -0.4 is 10.9 Å². The lowest BCUT2D eigenvalue weighted by Gasteiger charge is -2.16. The Morgan fingerprint density at radius 1 is 1.11 bits per heavy atom. The second-order valence-electron chi connectivity index (χ2n) is 6.32. The van der Waals surface area contributed by atoms with Crippen molar-refractivity contribution in [1.29, 1.82) is 0 Å². The summed E-state index contributed by atoms with van der Waals surface area (Å²) in [5, 5.41) is 2.82. The number of hydrogen-bond acceptors (Lipinski definition) is 2. The number of nitrogens with one attached hydrogen (secondary N) is 1. The fourth-order valence-electron chi connectivity index (χ4n) is 2.84. The summed E-state index contributed by atoms with van der Waals surface area (Å²) in [4.78, 5) is 25.3. The minimum absolute atomic E-state index is 0.00385. The van der Waals surface area contributed by atoms with E-state index >= 15 is 0 Å². The van der Waals surface area contributed by atoms with Crippen molar-refractivity contribution in [2.45, 2.75) is 19.5 Å². The molecule has 0 spiro atoms. The van der Waals surface area contributed by atoms with Gasteiger partial charge in [0.25, 0.3) is 11.5 Å². The van der Waals surface area contributed by atoms with Gasteiger partial charge in [-0.15, -0.1) is 0 Å². The van der Waals surface area contributed by atoms with Crippen LogP contribution in [0.5, 0.6) is 0 Å². The van der Waals surface area contributed by atoms with Crippen molar-refractivity contribution in [2.24, 2.45) is 0 Å². The van der Waals surface area contributed by atoms with E-state index in [9.17, 15) is 14.0 Å². The van der Waals surface area contributed by atoms with Gasteiger partial charge >= 0.3 is 0 Å². The van der Waals surface area contributed by atoms with E-state index < -0.39 is 23.3 Å². The SMILES string of the molecule is CC(NC(=O)c1cccn(Cc2ccccc2)c1=O)c1cc(F)c(Cl)cc1Cl. The van der Waals surface area contributed by atoms with E-state index in [1.165, 1.54) is 22.8 Å². The van der Waals surface area contributed by atoms with E-state index in [2.05, 4.69) is 5.32 Å². The molecule has 0 saturated carbocycles. The molecule has 7 heteroatoms. The fraction of sp³-hybridized carbons (Fsp3) is 0.143. The van der Waals surface area contributed by atoms with Crippen LogP contribution in [0.1, 0.15) is 34.5 Å². The molecule has 1 N–H and O–H groups in total. The van der Waals surface area contributed by atoms with E-state index in [-0.39, 0.29) is 15.6 Å². The molecule has 0 bridgehead atoms. The molecule has 1 aromatic heterocycles. The molecule has 144 valence electrons. The first-order chi connectivity index (χ1) is 13.4. The van der Waals surface area contributed by atoms with Gasteiger partial charge in [-0.1, -0.05) is 53.5 Å². The molecular weight excluding hydrogens is 402 g/mol. The van der Waals surface area contributed by atoms with Crippen LogP contribution in [0.4, 0.5) is 4.39 Å². The van der Waals surface area contributed by atoms with E-state index in [1.54, 1.807) is 19.2 Å². The third kappa shape index (κ3) is 4.43. The molecule has 0 fully saturated rings. The quantitative estimate of drug-likeness (QED) is 0.603. The third-order valence-electron chi connectivity index (χ3n) is 4.31. The Hall–Kier alpha value is -2.63. The summed E-state index contributed by atoms with van der Waals surface area (Å²) in [5.74, 6) is -1.20. The number of hydrogen-bond donors (Lipinski definition) is 1. The summed E-state index contributed by atoms with van der Waals surface area (Å²) < 4.78 is 15.2. The molecule has 1 atom stereocenters. The van der Waals surface area contributed by atoms with E-state index in [1.807, 2.05) is 30.3 Å². The molecule has 0 radical (unpaired) electrons. The summed E-state index contributed by atoms with van der Waals surface area (Å²) in [5.41, 5.74) is 0.900. The standard InChI is InChI=1S/C21H17Cl2FN2O2/c1-13(16-10-19(24)18(23)11-17(16)22)25-20(27)15-8-5-9-26(21(15)28)12-14-6-3-2-4-7-14/h2-11,13H,12H2,1H3,(H,25,27). The van der Waals surface area contributed by atoms with Crippen molar-refractivity contribution >= 4 is 29.1 Å². The van der Waals surface area contributed by atoms with Gasteiger partial charge < -0.3 is 9.88 Å². The highest BCUT2D eigenvalue weighted by Gasteiger charge is 2.18. The van der Waals surface area contributed by atoms with Gasteiger partial charge in [-0.2, -0.15) is 0 Å². The molecular formula is C21H17Cl2FN2O2. The zero-order valence-electron chi connectivity index (χ0n) is 15.0. The minimum atomic E-state index is -0.632. The van der Waals surface area contributed by atoms with Gasteiger partial charge in [0.05, 0.1) is 17.6 Å². The first kappa shape index (κ1) is 20.1. The highest BCUT2D eigenvalue weighted by atomic mass is 35.5. The first-order valence-corrected chi connectivity index (χ1v) is 9.31. The van der Waals surface area contributed by atoms with Gasteiger partial charge in [0.2, 0.25) is 0 Å². The monoisotopic (exact) mass is 418 g/mol. The van der Waals surface area contributed by atoms with Crippen LogP contribution in [0, 0.1) is 5.82 Å². The van der Waals surface area contributed by atoms with Crippen LogP contribution in [-0.2, 0) is 6.54 Å². The summed E-state index contributed by atoms with van der Waals surface area (Å²) in [6, 6.07) is 14.4. The van der Waals surface area contributed by atoms with Crippen LogP contribution in [0.15, 0.2) is 65.6 Å². The number of nitrogens with zero attached hydrogens (tertiary/aromatic N) is 1. The zero-order chi connectivity index (χ0) is 20.3. The molecule has 0 aliphatic rings. The predicted molar refractivity (Wildman–Crippen MR) is 109 cm³/mol. The second-order valence-corrected chi connectivity index (χ2v) is 7.14. The normalized spacial score (nSPS) is 11.9. The Kier molecular flexibility index (Phi) is 6.17. The van der Waals surface area contributed by atoms with Gasteiger partial charge in [-0.3, -0.25) is 9.59 Å². The fourth-order valence-corrected chi connectivity index (χ4v) is 3.38. The molecule has 0 aliphatic carbocycles. The van der Waals surface area contributed by atoms with Crippen molar-refractivity contribution in [3.63, 3.8) is 0 Å². The van der Waals surface area contributed by atoms with Crippen molar-refractivity contribution in [3.05, 3.63) is 104 Å². The molecule has 3 aromatic rings. The largest absolute Gasteiger partial charge is 0.345 e. The van der Waals surface area contributed by atoms with Crippen molar-refractivity contribution in [3.8, 4) is 0 Å². The Labute approximate surface area is 171 Å². The zero-order valence-corrected chi connectivity index (χ0v) is 16.5. The molecule has 0 aliphatic heterocycles. The van der Waals surface area contributed by atoms with Crippen LogP contribution in [0.2, 0.25) is 10.0 Å². The lowest BCUT2D eigenvalue weighted by Crippen LogP contribution is -2.34. The summed E-state index contributed by atoms with van der Waals surface area (Å²) in [7, 11) is 0. The average Bonchev–Trinajstić information content (AvgIpc) is 2.67. The van der Waals surface area contributed by atoms with Crippen LogP contribution in [-0.4, -0.2) is 10.5 Å². The lowest BCUT2D eigenvalue weighted by molar-refractivity contribution is 0.0937. The Morgan fingerprint density at radius 3 is 2.54 bits per heavy atom. The molecule has 3 rings (SSSR count). The molecule has 1 amide bonds. The van der Waals surface area contributed by atoms with Crippen molar-refractivity contribution in [1.82, 2.24) is 9.88 Å². The van der Waals surface area contributed by atoms with Crippen LogP contribution in [0.25, 0.3) is 0 Å². The van der Waals surface area contributed by atoms with Gasteiger partial charge in [-0.25, -0.2) is 4.39 Å². The maximum Gasteiger partial charge on any atom is 0.263 e. The summed E-state index contributed by atoms with van der Waals surface area (Å²) in [6.45, 7) is 2.00.